The molecule has 4 atom stereocenters. The standard InChI is InChI=1S/C29H48O5Si/c1-8-32-28(31)20-25-24(26(30)18-19-27(25)34-35(6,7)29(3,4)5)17-13-12-14-22(2)33-21-23-15-10-9-11-16-23/h9-11,15-16,22,24-25,27H,8,12-14,17-21H2,1-7H3/t22-,24-,25-,27+/m1/s1. The summed E-state index contributed by atoms with van der Waals surface area (Å²) in [6.07, 6.45) is 5.32. The second-order valence-electron chi connectivity index (χ2n) is 11.6. The van der Waals surface area contributed by atoms with Crippen molar-refractivity contribution in [2.75, 3.05) is 6.61 Å². The van der Waals surface area contributed by atoms with Crippen molar-refractivity contribution < 1.29 is 23.5 Å². The first kappa shape index (κ1) is 29.7. The van der Waals surface area contributed by atoms with Gasteiger partial charge in [-0.1, -0.05) is 63.9 Å². The molecule has 35 heavy (non-hydrogen) atoms. The molecule has 0 spiro atoms. The molecule has 0 amide bonds. The maximum atomic E-state index is 13.0. The van der Waals surface area contributed by atoms with Gasteiger partial charge >= 0.3 is 5.97 Å². The lowest BCUT2D eigenvalue weighted by Crippen LogP contribution is -2.50. The third kappa shape index (κ3) is 9.47. The normalized spacial score (nSPS) is 22.1. The van der Waals surface area contributed by atoms with Gasteiger partial charge in [0.25, 0.3) is 0 Å². The summed E-state index contributed by atoms with van der Waals surface area (Å²) in [4.78, 5) is 25.5. The lowest BCUT2D eigenvalue weighted by atomic mass is 9.72. The van der Waals surface area contributed by atoms with E-state index in [2.05, 4.69) is 52.9 Å². The zero-order chi connectivity index (χ0) is 26.1. The van der Waals surface area contributed by atoms with Crippen molar-refractivity contribution in [1.82, 2.24) is 0 Å². The van der Waals surface area contributed by atoms with Crippen LogP contribution in [0.2, 0.25) is 18.1 Å². The lowest BCUT2D eigenvalue weighted by molar-refractivity contribution is -0.148. The van der Waals surface area contributed by atoms with Gasteiger partial charge in [-0.15, -0.1) is 0 Å². The van der Waals surface area contributed by atoms with E-state index in [9.17, 15) is 9.59 Å². The van der Waals surface area contributed by atoms with Crippen LogP contribution in [0.5, 0.6) is 0 Å². The number of unbranched alkanes of at least 4 members (excludes halogenated alkanes) is 1. The number of Topliss-reactive ketones (excluding diaryl/α,β-unsaturated/α-hetero) is 1. The van der Waals surface area contributed by atoms with E-state index in [4.69, 9.17) is 13.9 Å². The van der Waals surface area contributed by atoms with E-state index in [1.54, 1.807) is 0 Å². The highest BCUT2D eigenvalue weighted by Crippen LogP contribution is 2.42. The van der Waals surface area contributed by atoms with Crippen molar-refractivity contribution in [2.45, 2.75) is 117 Å². The van der Waals surface area contributed by atoms with E-state index in [-0.39, 0.29) is 47.3 Å². The summed E-state index contributed by atoms with van der Waals surface area (Å²) in [7, 11) is -2.03. The van der Waals surface area contributed by atoms with Crippen LogP contribution in [0.15, 0.2) is 30.3 Å². The van der Waals surface area contributed by atoms with Gasteiger partial charge in [0, 0.05) is 24.4 Å². The highest BCUT2D eigenvalue weighted by Gasteiger charge is 2.45. The molecule has 1 aliphatic rings. The molecule has 1 aliphatic carbocycles. The summed E-state index contributed by atoms with van der Waals surface area (Å²) in [5, 5.41) is 0.0777. The Labute approximate surface area is 214 Å². The Morgan fingerprint density at radius 1 is 1.14 bits per heavy atom. The van der Waals surface area contributed by atoms with E-state index in [1.807, 2.05) is 25.1 Å². The minimum absolute atomic E-state index is 0.0591. The number of hydrogen-bond donors (Lipinski definition) is 0. The van der Waals surface area contributed by atoms with E-state index in [0.717, 1.165) is 25.7 Å². The smallest absolute Gasteiger partial charge is 0.306 e. The Balaban J connectivity index is 1.96. The van der Waals surface area contributed by atoms with E-state index >= 15 is 0 Å². The van der Waals surface area contributed by atoms with Crippen LogP contribution in [0.25, 0.3) is 0 Å². The van der Waals surface area contributed by atoms with Gasteiger partial charge in [-0.3, -0.25) is 9.59 Å². The molecule has 1 fully saturated rings. The maximum absolute atomic E-state index is 13.0. The first-order valence-electron chi connectivity index (χ1n) is 13.5. The van der Waals surface area contributed by atoms with E-state index in [0.29, 0.717) is 26.1 Å². The molecule has 0 bridgehead atoms. The third-order valence-electron chi connectivity index (χ3n) is 7.80. The predicted octanol–water partition coefficient (Wildman–Crippen LogP) is 7.09. The summed E-state index contributed by atoms with van der Waals surface area (Å²) in [5.74, 6) is -0.175. The van der Waals surface area contributed by atoms with Crippen molar-refractivity contribution >= 4 is 20.1 Å². The summed E-state index contributed by atoms with van der Waals surface area (Å²) in [6, 6.07) is 10.2. The fourth-order valence-corrected chi connectivity index (χ4v) is 6.04. The number of esters is 1. The number of carbonyl (C=O) groups is 2. The molecule has 2 rings (SSSR count). The SMILES string of the molecule is CCOC(=O)C[C@H]1[C@@H](O[Si](C)(C)C(C)(C)C)CCC(=O)[C@@H]1CCCC[C@@H](C)OCc1ccccc1. The maximum Gasteiger partial charge on any atom is 0.306 e. The van der Waals surface area contributed by atoms with Crippen molar-refractivity contribution in [1.29, 1.82) is 0 Å². The van der Waals surface area contributed by atoms with Crippen LogP contribution in [-0.2, 0) is 30.1 Å². The van der Waals surface area contributed by atoms with Gasteiger partial charge < -0.3 is 13.9 Å². The number of carbonyl (C=O) groups excluding carboxylic acids is 2. The number of ether oxygens (including phenoxy) is 2. The molecule has 0 aliphatic heterocycles. The molecule has 1 aromatic rings. The van der Waals surface area contributed by atoms with Crippen LogP contribution in [0.3, 0.4) is 0 Å². The Hall–Kier alpha value is -1.50. The van der Waals surface area contributed by atoms with Crippen molar-refractivity contribution in [3.8, 4) is 0 Å². The predicted molar refractivity (Wildman–Crippen MR) is 144 cm³/mol. The molecule has 0 heterocycles. The molecular formula is C29H48O5Si. The van der Waals surface area contributed by atoms with Crippen LogP contribution in [0, 0.1) is 11.8 Å². The number of benzene rings is 1. The quantitative estimate of drug-likeness (QED) is 0.163. The number of rotatable bonds is 13. The van der Waals surface area contributed by atoms with Gasteiger partial charge in [-0.05, 0) is 56.8 Å². The molecule has 0 radical (unpaired) electrons. The fourth-order valence-electron chi connectivity index (χ4n) is 4.64. The molecule has 1 aromatic carbocycles. The minimum Gasteiger partial charge on any atom is -0.466 e. The average molecular weight is 505 g/mol. The minimum atomic E-state index is -2.03. The zero-order valence-corrected chi connectivity index (χ0v) is 24.1. The van der Waals surface area contributed by atoms with Gasteiger partial charge in [0.2, 0.25) is 0 Å². The first-order chi connectivity index (χ1) is 16.4. The van der Waals surface area contributed by atoms with Crippen molar-refractivity contribution in [3.05, 3.63) is 35.9 Å². The molecular weight excluding hydrogens is 456 g/mol. The molecule has 0 N–H and O–H groups in total. The third-order valence-corrected chi connectivity index (χ3v) is 12.3. The van der Waals surface area contributed by atoms with Gasteiger partial charge in [0.1, 0.15) is 5.78 Å². The van der Waals surface area contributed by atoms with E-state index < -0.39 is 8.32 Å². The lowest BCUT2D eigenvalue weighted by Gasteiger charge is -2.44. The van der Waals surface area contributed by atoms with Gasteiger partial charge in [-0.25, -0.2) is 0 Å². The largest absolute Gasteiger partial charge is 0.466 e. The number of hydrogen-bond acceptors (Lipinski definition) is 5. The highest BCUT2D eigenvalue weighted by atomic mass is 28.4. The van der Waals surface area contributed by atoms with Crippen LogP contribution in [-0.4, -0.2) is 38.9 Å². The van der Waals surface area contributed by atoms with Crippen molar-refractivity contribution in [2.24, 2.45) is 11.8 Å². The second-order valence-corrected chi connectivity index (χ2v) is 16.3. The molecule has 5 nitrogen and oxygen atoms in total. The molecule has 0 unspecified atom stereocenters. The zero-order valence-electron chi connectivity index (χ0n) is 23.1. The van der Waals surface area contributed by atoms with E-state index in [1.165, 1.54) is 5.56 Å². The Kier molecular flexibility index (Phi) is 11.6. The highest BCUT2D eigenvalue weighted by molar-refractivity contribution is 6.74. The Morgan fingerprint density at radius 2 is 1.83 bits per heavy atom. The summed E-state index contributed by atoms with van der Waals surface area (Å²) < 4.78 is 18.1. The summed E-state index contributed by atoms with van der Waals surface area (Å²) in [6.45, 7) is 16.1. The molecule has 1 saturated carbocycles. The van der Waals surface area contributed by atoms with Gasteiger partial charge in [0.05, 0.1) is 25.7 Å². The molecule has 6 heteroatoms. The molecule has 198 valence electrons. The van der Waals surface area contributed by atoms with Crippen LogP contribution >= 0.6 is 0 Å². The average Bonchev–Trinajstić information content (AvgIpc) is 2.78. The van der Waals surface area contributed by atoms with Gasteiger partial charge in [0.15, 0.2) is 8.32 Å². The fraction of sp³-hybridized carbons (Fsp3) is 0.724. The Morgan fingerprint density at radius 3 is 2.46 bits per heavy atom. The topological polar surface area (TPSA) is 61.8 Å². The van der Waals surface area contributed by atoms with Crippen LogP contribution in [0.1, 0.15) is 85.1 Å². The molecule has 0 saturated heterocycles. The van der Waals surface area contributed by atoms with Gasteiger partial charge in [-0.2, -0.15) is 0 Å². The first-order valence-corrected chi connectivity index (χ1v) is 16.4. The second kappa shape index (κ2) is 13.7. The number of ketones is 1. The Bertz CT molecular complexity index is 786. The monoisotopic (exact) mass is 504 g/mol. The van der Waals surface area contributed by atoms with Crippen LogP contribution < -0.4 is 0 Å². The summed E-state index contributed by atoms with van der Waals surface area (Å²) in [5.41, 5.74) is 1.18. The van der Waals surface area contributed by atoms with Crippen LogP contribution in [0.4, 0.5) is 0 Å². The van der Waals surface area contributed by atoms with Crippen molar-refractivity contribution in [3.63, 3.8) is 0 Å². The summed E-state index contributed by atoms with van der Waals surface area (Å²) >= 11 is 0. The molecule has 0 aromatic heterocycles.